The fraction of sp³-hybridized carbons (Fsp3) is 0.500. The number of nitrogens with zero attached hydrogens (tertiary/aromatic N) is 4. The van der Waals surface area contributed by atoms with E-state index in [1.807, 2.05) is 26.8 Å². The smallest absolute Gasteiger partial charge is 0.410 e. The van der Waals surface area contributed by atoms with Crippen molar-refractivity contribution >= 4 is 27.7 Å². The second-order valence-corrected chi connectivity index (χ2v) is 12.5. The zero-order chi connectivity index (χ0) is 29.8. The van der Waals surface area contributed by atoms with Crippen molar-refractivity contribution in [3.8, 4) is 11.1 Å². The number of hydrogen-bond acceptors (Lipinski definition) is 8. The van der Waals surface area contributed by atoms with Crippen LogP contribution in [0.2, 0.25) is 0 Å². The van der Waals surface area contributed by atoms with Crippen LogP contribution in [0.3, 0.4) is 0 Å². The minimum absolute atomic E-state index is 0.115. The van der Waals surface area contributed by atoms with Crippen LogP contribution in [0.1, 0.15) is 69.7 Å². The van der Waals surface area contributed by atoms with Crippen LogP contribution < -0.4 is 0 Å². The van der Waals surface area contributed by atoms with Gasteiger partial charge < -0.3 is 14.5 Å². The molecule has 40 heavy (non-hydrogen) atoms. The van der Waals surface area contributed by atoms with Gasteiger partial charge in [-0.15, -0.1) is 0 Å². The third-order valence-corrected chi connectivity index (χ3v) is 6.74. The molecule has 0 atom stereocenters. The highest BCUT2D eigenvalue weighted by molar-refractivity contribution is 7.85. The van der Waals surface area contributed by atoms with E-state index in [0.717, 1.165) is 11.8 Å². The Bertz CT molecular complexity index is 1400. The van der Waals surface area contributed by atoms with Gasteiger partial charge in [0.05, 0.1) is 23.2 Å². The Morgan fingerprint density at radius 2 is 1.85 bits per heavy atom. The quantitative estimate of drug-likeness (QED) is 0.417. The molecule has 2 aromatic rings. The molecule has 0 spiro atoms. The van der Waals surface area contributed by atoms with E-state index in [1.54, 1.807) is 36.6 Å². The number of aromatic nitrogens is 2. The summed E-state index contributed by atoms with van der Waals surface area (Å²) in [7, 11) is -3.80. The molecule has 0 saturated heterocycles. The van der Waals surface area contributed by atoms with Gasteiger partial charge in [0, 0.05) is 31.2 Å². The lowest BCUT2D eigenvalue weighted by atomic mass is 9.95. The van der Waals surface area contributed by atoms with Gasteiger partial charge in [0.15, 0.2) is 0 Å². The van der Waals surface area contributed by atoms with E-state index in [4.69, 9.17) is 8.92 Å². The summed E-state index contributed by atoms with van der Waals surface area (Å²) >= 11 is 0. The zero-order valence-corrected chi connectivity index (χ0v) is 24.8. The molecular weight excluding hydrogens is 539 g/mol. The maximum Gasteiger partial charge on any atom is 0.410 e. The first kappa shape index (κ1) is 31.2. The minimum atomic E-state index is -3.80. The number of rotatable bonds is 8. The average Bonchev–Trinajstić information content (AvgIpc) is 2.86. The summed E-state index contributed by atoms with van der Waals surface area (Å²) in [5.74, 6) is -0.953. The van der Waals surface area contributed by atoms with Crippen LogP contribution in [0.4, 0.5) is 9.18 Å². The maximum absolute atomic E-state index is 14.4. The van der Waals surface area contributed by atoms with Gasteiger partial charge in [-0.2, -0.15) is 18.6 Å². The topological polar surface area (TPSA) is 119 Å². The first-order valence-electron chi connectivity index (χ1n) is 13.1. The van der Waals surface area contributed by atoms with Crippen molar-refractivity contribution < 1.29 is 31.3 Å². The second kappa shape index (κ2) is 12.4. The van der Waals surface area contributed by atoms with Gasteiger partial charge in [0.2, 0.25) is 0 Å². The molecule has 1 aliphatic rings. The summed E-state index contributed by atoms with van der Waals surface area (Å²) in [6.07, 6.45) is 2.83. The molecule has 0 fully saturated rings. The maximum atomic E-state index is 14.4. The normalized spacial score (nSPS) is 14.2. The third kappa shape index (κ3) is 8.07. The van der Waals surface area contributed by atoms with Gasteiger partial charge in [-0.25, -0.2) is 9.18 Å². The van der Waals surface area contributed by atoms with Gasteiger partial charge in [-0.3, -0.25) is 8.98 Å². The number of amides is 2. The molecule has 3 rings (SSSR count). The molecule has 0 radical (unpaired) electrons. The van der Waals surface area contributed by atoms with Crippen LogP contribution in [0.5, 0.6) is 0 Å². The molecule has 2 heterocycles. The predicted octanol–water partition coefficient (Wildman–Crippen LogP) is 4.65. The first-order chi connectivity index (χ1) is 18.6. The summed E-state index contributed by atoms with van der Waals surface area (Å²) in [4.78, 5) is 29.2. The molecule has 10 nitrogen and oxygen atoms in total. The molecule has 0 unspecified atom stereocenters. The first-order valence-corrected chi connectivity index (χ1v) is 14.9. The Morgan fingerprint density at radius 1 is 1.15 bits per heavy atom. The standard InChI is InChI=1S/C28H37FN4O6S/c1-8-33(18(2)3)26(34)23-15-20(29)9-10-21(23)22-16-24(30-31-25(22)17-38-40(7,36)37)19-11-13-32(14-12-19)27(35)39-28(4,5)6/h9-11,15-16,18H,8,12-14,17H2,1-7H3. The highest BCUT2D eigenvalue weighted by atomic mass is 32.2. The van der Waals surface area contributed by atoms with Gasteiger partial charge >= 0.3 is 6.09 Å². The van der Waals surface area contributed by atoms with Gasteiger partial charge in [0.1, 0.15) is 18.0 Å². The lowest BCUT2D eigenvalue weighted by Gasteiger charge is -2.29. The lowest BCUT2D eigenvalue weighted by Crippen LogP contribution is -2.39. The SMILES string of the molecule is CCN(C(=O)c1cc(F)ccc1-c1cc(C2=CCN(C(=O)OC(C)(C)C)CC2)nnc1COS(C)(=O)=O)C(C)C. The van der Waals surface area contributed by atoms with E-state index in [9.17, 15) is 22.4 Å². The Labute approximate surface area is 235 Å². The molecule has 0 bridgehead atoms. The number of carbonyl (C=O) groups is 2. The summed E-state index contributed by atoms with van der Waals surface area (Å²) in [6.45, 7) is 11.7. The average molecular weight is 577 g/mol. The lowest BCUT2D eigenvalue weighted by molar-refractivity contribution is 0.0270. The van der Waals surface area contributed by atoms with Crippen molar-refractivity contribution in [3.05, 3.63) is 53.1 Å². The highest BCUT2D eigenvalue weighted by Gasteiger charge is 2.27. The number of carbonyl (C=O) groups excluding carboxylic acids is 2. The van der Waals surface area contributed by atoms with Crippen LogP contribution in [0.15, 0.2) is 30.3 Å². The van der Waals surface area contributed by atoms with Crippen LogP contribution in [0.25, 0.3) is 16.7 Å². The van der Waals surface area contributed by atoms with Crippen LogP contribution in [-0.2, 0) is 25.6 Å². The van der Waals surface area contributed by atoms with Gasteiger partial charge in [-0.1, -0.05) is 12.1 Å². The summed E-state index contributed by atoms with van der Waals surface area (Å²) in [5.41, 5.74) is 1.75. The van der Waals surface area contributed by atoms with Crippen molar-refractivity contribution in [3.63, 3.8) is 0 Å². The molecule has 0 aliphatic carbocycles. The number of benzene rings is 1. The molecule has 12 heteroatoms. The monoisotopic (exact) mass is 576 g/mol. The molecule has 1 aromatic heterocycles. The predicted molar refractivity (Wildman–Crippen MR) is 149 cm³/mol. The van der Waals surface area contributed by atoms with E-state index < -0.39 is 34.2 Å². The molecule has 0 N–H and O–H groups in total. The molecule has 1 aliphatic heterocycles. The van der Waals surface area contributed by atoms with Gasteiger partial charge in [-0.05, 0) is 77.3 Å². The summed E-state index contributed by atoms with van der Waals surface area (Å²) in [5, 5.41) is 8.55. The van der Waals surface area contributed by atoms with E-state index in [0.29, 0.717) is 42.9 Å². The molecule has 1 aromatic carbocycles. The minimum Gasteiger partial charge on any atom is -0.444 e. The Balaban J connectivity index is 2.07. The van der Waals surface area contributed by atoms with Crippen molar-refractivity contribution in [2.24, 2.45) is 0 Å². The Hall–Kier alpha value is -3.38. The van der Waals surface area contributed by atoms with Crippen molar-refractivity contribution in [1.29, 1.82) is 0 Å². The third-order valence-electron chi connectivity index (χ3n) is 6.20. The Kier molecular flexibility index (Phi) is 9.68. The number of ether oxygens (including phenoxy) is 1. The van der Waals surface area contributed by atoms with Gasteiger partial charge in [0.25, 0.3) is 16.0 Å². The van der Waals surface area contributed by atoms with Crippen LogP contribution in [0, 0.1) is 5.82 Å². The molecule has 218 valence electrons. The summed E-state index contributed by atoms with van der Waals surface area (Å²) in [6, 6.07) is 5.44. The van der Waals surface area contributed by atoms with Crippen molar-refractivity contribution in [2.75, 3.05) is 25.9 Å². The number of hydrogen-bond donors (Lipinski definition) is 0. The fourth-order valence-corrected chi connectivity index (χ4v) is 4.62. The van der Waals surface area contributed by atoms with E-state index in [1.165, 1.54) is 18.2 Å². The summed E-state index contributed by atoms with van der Waals surface area (Å²) < 4.78 is 48.3. The second-order valence-electron chi connectivity index (χ2n) is 10.8. The van der Waals surface area contributed by atoms with Crippen molar-refractivity contribution in [1.82, 2.24) is 20.0 Å². The largest absolute Gasteiger partial charge is 0.444 e. The molecule has 0 saturated carbocycles. The van der Waals surface area contributed by atoms with Crippen molar-refractivity contribution in [2.45, 2.75) is 66.2 Å². The van der Waals surface area contributed by atoms with E-state index in [-0.39, 0.29) is 23.2 Å². The Morgan fingerprint density at radius 3 is 2.40 bits per heavy atom. The molecule has 2 amide bonds. The molecular formula is C28H37FN4O6S. The van der Waals surface area contributed by atoms with Crippen LogP contribution in [-0.4, -0.2) is 77.9 Å². The van der Waals surface area contributed by atoms with E-state index in [2.05, 4.69) is 10.2 Å². The van der Waals surface area contributed by atoms with Crippen LogP contribution >= 0.6 is 0 Å². The fourth-order valence-electron chi connectivity index (χ4n) is 4.30. The zero-order valence-electron chi connectivity index (χ0n) is 24.0. The highest BCUT2D eigenvalue weighted by Crippen LogP contribution is 2.32. The van der Waals surface area contributed by atoms with E-state index >= 15 is 0 Å². The number of halogens is 1.